The van der Waals surface area contributed by atoms with Gasteiger partial charge in [-0.1, -0.05) is 72.8 Å². The highest BCUT2D eigenvalue weighted by Crippen LogP contribution is 2.47. The van der Waals surface area contributed by atoms with Crippen LogP contribution in [0.15, 0.2) is 188 Å². The standard InChI is InChI=1S/C44H24F4N4/c45-35-13-5-1-9-30(35)34-23-29-22-27-18-17-25(49-27)21-26-19-20-28(50-26)24-39-40(31-10-2-6-14-36(31)46)41(32-11-3-7-15-37(32)47)44(52-39)42(43(34)51-29)33-12-4-8-16-38(33)48/h1-24H. The van der Waals surface area contributed by atoms with Crippen LogP contribution in [0.3, 0.4) is 0 Å². The Labute approximate surface area is 296 Å². The molecule has 0 aromatic heterocycles. The zero-order valence-corrected chi connectivity index (χ0v) is 27.2. The predicted octanol–water partition coefficient (Wildman–Crippen LogP) is 10.2. The number of rotatable bonds is 4. The van der Waals surface area contributed by atoms with Gasteiger partial charge >= 0.3 is 0 Å². The number of hydrogen-bond acceptors (Lipinski definition) is 4. The molecule has 4 nitrogen and oxygen atoms in total. The van der Waals surface area contributed by atoms with E-state index in [0.29, 0.717) is 34.1 Å². The van der Waals surface area contributed by atoms with Crippen molar-refractivity contribution in [1.29, 1.82) is 0 Å². The minimum atomic E-state index is -0.611. The van der Waals surface area contributed by atoms with E-state index in [1.807, 2.05) is 24.3 Å². The Morgan fingerprint density at radius 1 is 0.365 bits per heavy atom. The quantitative estimate of drug-likeness (QED) is 0.192. The van der Waals surface area contributed by atoms with Crippen molar-refractivity contribution in [3.05, 3.63) is 214 Å². The Morgan fingerprint density at radius 2 is 0.827 bits per heavy atom. The molecule has 0 saturated heterocycles. The summed E-state index contributed by atoms with van der Waals surface area (Å²) in [6.45, 7) is 0. The maximum absolute atomic E-state index is 16.3. The largest absolute Gasteiger partial charge is 0.249 e. The maximum Gasteiger partial charge on any atom is 0.131 e. The molecule has 0 saturated carbocycles. The summed E-state index contributed by atoms with van der Waals surface area (Å²) in [6.07, 6.45) is 14.3. The number of aliphatic imine (C=N–C) groups is 4. The molecule has 5 aliphatic heterocycles. The molecule has 0 unspecified atom stereocenters. The first-order chi connectivity index (χ1) is 25.4. The Morgan fingerprint density at radius 3 is 1.38 bits per heavy atom. The second kappa shape index (κ2) is 12.5. The fourth-order valence-electron chi connectivity index (χ4n) is 6.80. The maximum atomic E-state index is 16.3. The topological polar surface area (TPSA) is 49.4 Å². The van der Waals surface area contributed by atoms with Crippen molar-refractivity contribution in [3.63, 3.8) is 0 Å². The van der Waals surface area contributed by atoms with Crippen molar-refractivity contribution in [2.75, 3.05) is 0 Å². The van der Waals surface area contributed by atoms with E-state index in [-0.39, 0.29) is 56.1 Å². The van der Waals surface area contributed by atoms with E-state index >= 15 is 17.6 Å². The lowest BCUT2D eigenvalue weighted by atomic mass is 9.85. The molecule has 0 N–H and O–H groups in total. The average molecular weight is 685 g/mol. The summed E-state index contributed by atoms with van der Waals surface area (Å²) in [5.41, 5.74) is 4.98. The fourth-order valence-corrected chi connectivity index (χ4v) is 6.80. The lowest BCUT2D eigenvalue weighted by molar-refractivity contribution is 0.622. The third-order valence-electron chi connectivity index (χ3n) is 9.07. The summed E-state index contributed by atoms with van der Waals surface area (Å²) in [5, 5.41) is 0. The van der Waals surface area contributed by atoms with Crippen LogP contribution >= 0.6 is 0 Å². The first-order valence-electron chi connectivity index (χ1n) is 16.5. The summed E-state index contributed by atoms with van der Waals surface area (Å²) in [6, 6.07) is 24.6. The second-order valence-corrected chi connectivity index (χ2v) is 12.4. The lowest BCUT2D eigenvalue weighted by Crippen LogP contribution is -2.09. The van der Waals surface area contributed by atoms with E-state index in [1.54, 1.807) is 97.1 Å². The van der Waals surface area contributed by atoms with E-state index < -0.39 is 23.3 Å². The highest BCUT2D eigenvalue weighted by molar-refractivity contribution is 6.50. The Hall–Kier alpha value is -6.80. The van der Waals surface area contributed by atoms with Gasteiger partial charge in [-0.15, -0.1) is 0 Å². The van der Waals surface area contributed by atoms with Crippen LogP contribution in [0, 0.1) is 23.3 Å². The first-order valence-corrected chi connectivity index (χ1v) is 16.5. The van der Waals surface area contributed by atoms with Crippen molar-refractivity contribution >= 4 is 45.1 Å². The molecule has 5 heterocycles. The zero-order chi connectivity index (χ0) is 35.3. The van der Waals surface area contributed by atoms with Gasteiger partial charge < -0.3 is 0 Å². The number of hydrogen-bond donors (Lipinski definition) is 0. The molecule has 4 aromatic rings. The molecule has 52 heavy (non-hydrogen) atoms. The fraction of sp³-hybridized carbons (Fsp3) is 0. The van der Waals surface area contributed by atoms with Gasteiger partial charge in [-0.25, -0.2) is 37.5 Å². The molecule has 0 aliphatic carbocycles. The van der Waals surface area contributed by atoms with Gasteiger partial charge in [0.2, 0.25) is 0 Å². The van der Waals surface area contributed by atoms with Crippen LogP contribution in [-0.4, -0.2) is 22.8 Å². The van der Waals surface area contributed by atoms with Gasteiger partial charge in [-0.3, -0.25) is 0 Å². The van der Waals surface area contributed by atoms with Crippen molar-refractivity contribution in [3.8, 4) is 0 Å². The minimum absolute atomic E-state index is 0.0876. The number of halogens is 4. The zero-order valence-electron chi connectivity index (χ0n) is 27.2. The molecular weight excluding hydrogens is 661 g/mol. The minimum Gasteiger partial charge on any atom is -0.249 e. The van der Waals surface area contributed by atoms with Crippen LogP contribution in [0.4, 0.5) is 17.6 Å². The molecule has 9 rings (SSSR count). The van der Waals surface area contributed by atoms with Crippen LogP contribution in [-0.2, 0) is 0 Å². The molecule has 8 heteroatoms. The number of nitrogens with zero attached hydrogens (tertiary/aromatic N) is 4. The van der Waals surface area contributed by atoms with Gasteiger partial charge in [-0.05, 0) is 72.9 Å². The van der Waals surface area contributed by atoms with Crippen LogP contribution in [0.5, 0.6) is 0 Å². The van der Waals surface area contributed by atoms with E-state index in [0.717, 1.165) is 0 Å². The van der Waals surface area contributed by atoms with Crippen LogP contribution in [0.2, 0.25) is 0 Å². The summed E-state index contributed by atoms with van der Waals surface area (Å²) >= 11 is 0. The smallest absolute Gasteiger partial charge is 0.131 e. The Balaban J connectivity index is 1.47. The molecular formula is C44H24F4N4. The highest BCUT2D eigenvalue weighted by Gasteiger charge is 2.35. The third kappa shape index (κ3) is 5.41. The molecule has 0 spiro atoms. The number of allylic oxidation sites excluding steroid dienone is 12. The summed E-state index contributed by atoms with van der Waals surface area (Å²) < 4.78 is 64.2. The van der Waals surface area contributed by atoms with Gasteiger partial charge in [0.25, 0.3) is 0 Å². The van der Waals surface area contributed by atoms with Crippen molar-refractivity contribution in [1.82, 2.24) is 0 Å². The van der Waals surface area contributed by atoms with Crippen LogP contribution in [0.1, 0.15) is 22.3 Å². The van der Waals surface area contributed by atoms with E-state index in [2.05, 4.69) is 0 Å². The molecule has 0 amide bonds. The van der Waals surface area contributed by atoms with Crippen LogP contribution < -0.4 is 0 Å². The monoisotopic (exact) mass is 684 g/mol. The molecule has 0 fully saturated rings. The first kappa shape index (κ1) is 31.2. The molecule has 248 valence electrons. The van der Waals surface area contributed by atoms with Crippen molar-refractivity contribution in [2.24, 2.45) is 20.0 Å². The molecule has 0 radical (unpaired) electrons. The summed E-state index contributed by atoms with van der Waals surface area (Å²) in [4.78, 5) is 19.6. The molecule has 8 bridgehead atoms. The molecule has 5 aliphatic rings. The van der Waals surface area contributed by atoms with E-state index in [4.69, 9.17) is 20.0 Å². The van der Waals surface area contributed by atoms with Crippen molar-refractivity contribution < 1.29 is 17.6 Å². The lowest BCUT2D eigenvalue weighted by Gasteiger charge is -2.18. The average Bonchev–Trinajstić information content (AvgIpc) is 3.95. The summed E-state index contributed by atoms with van der Waals surface area (Å²) in [7, 11) is 0. The van der Waals surface area contributed by atoms with E-state index in [9.17, 15) is 0 Å². The Kier molecular flexibility index (Phi) is 7.51. The van der Waals surface area contributed by atoms with E-state index in [1.165, 1.54) is 24.3 Å². The van der Waals surface area contributed by atoms with Gasteiger partial charge in [-0.2, -0.15) is 0 Å². The summed E-state index contributed by atoms with van der Waals surface area (Å²) in [5.74, 6) is -2.29. The predicted molar refractivity (Wildman–Crippen MR) is 200 cm³/mol. The molecule has 0 atom stereocenters. The highest BCUT2D eigenvalue weighted by atomic mass is 19.1. The SMILES string of the molecule is Fc1ccccc1C1=CC2=CC3=NC(=CC4=NC(=CC5=NC(=C(c6ccccc6F)C1=N2)C(c1ccccc1F)=C5c1ccccc1F)C=C4)C=C3. The second-order valence-electron chi connectivity index (χ2n) is 12.4. The number of benzene rings is 4. The van der Waals surface area contributed by atoms with Crippen molar-refractivity contribution in [2.45, 2.75) is 0 Å². The number of fused-ring (bicyclic) bond motifs is 4. The van der Waals surface area contributed by atoms with Crippen LogP contribution in [0.25, 0.3) is 22.3 Å². The molecule has 4 aromatic carbocycles. The van der Waals surface area contributed by atoms with Gasteiger partial charge in [0.15, 0.2) is 0 Å². The third-order valence-corrected chi connectivity index (χ3v) is 9.07. The normalized spacial score (nSPS) is 17.5. The van der Waals surface area contributed by atoms with Gasteiger partial charge in [0.1, 0.15) is 23.3 Å². The van der Waals surface area contributed by atoms with Gasteiger partial charge in [0, 0.05) is 44.5 Å². The Bertz CT molecular complexity index is 2650. The van der Waals surface area contributed by atoms with Gasteiger partial charge in [0.05, 0.1) is 45.6 Å².